The molecule has 2 N–H and O–H groups in total. The van der Waals surface area contributed by atoms with Gasteiger partial charge in [0.05, 0.1) is 12.2 Å². The Kier molecular flexibility index (Phi) is 6.75. The number of carbonyl (C=O) groups excluding carboxylic acids is 3. The first-order chi connectivity index (χ1) is 15.8. The van der Waals surface area contributed by atoms with E-state index in [2.05, 4.69) is 20.8 Å². The summed E-state index contributed by atoms with van der Waals surface area (Å²) in [6.07, 6.45) is 1.09. The Balaban J connectivity index is 1.23. The molecule has 2 aliphatic rings. The van der Waals surface area contributed by atoms with Crippen LogP contribution < -0.4 is 10.7 Å². The number of carbonyl (C=O) groups is 3. The molecule has 2 aliphatic heterocycles. The average Bonchev–Trinajstić information content (AvgIpc) is 3.30. The normalized spacial score (nSPS) is 21.9. The Hall–Kier alpha value is -3.24. The summed E-state index contributed by atoms with van der Waals surface area (Å²) in [6.45, 7) is 7.39. The molecule has 10 heteroatoms. The predicted octanol–water partition coefficient (Wildman–Crippen LogP) is 1.08. The van der Waals surface area contributed by atoms with Crippen LogP contribution in [0.5, 0.6) is 0 Å². The van der Waals surface area contributed by atoms with Crippen molar-refractivity contribution in [1.82, 2.24) is 30.7 Å². The molecule has 0 bridgehead atoms. The molecule has 2 saturated heterocycles. The number of hydrazine groups is 1. The highest BCUT2D eigenvalue weighted by Gasteiger charge is 2.48. The largest absolute Gasteiger partial charge is 0.361 e. The first-order valence-electron chi connectivity index (χ1n) is 11.2. The fourth-order valence-corrected chi connectivity index (χ4v) is 4.18. The molecular formula is C23H30N6O4. The van der Waals surface area contributed by atoms with Gasteiger partial charge in [0.2, 0.25) is 0 Å². The van der Waals surface area contributed by atoms with Crippen molar-refractivity contribution >= 4 is 17.8 Å². The summed E-state index contributed by atoms with van der Waals surface area (Å²) < 4.78 is 5.11. The van der Waals surface area contributed by atoms with E-state index in [1.807, 2.05) is 48.2 Å². The zero-order valence-electron chi connectivity index (χ0n) is 19.0. The molecule has 10 nitrogen and oxygen atoms in total. The number of aryl methyl sites for hydroxylation is 2. The van der Waals surface area contributed by atoms with Crippen molar-refractivity contribution in [3.05, 3.63) is 53.4 Å². The van der Waals surface area contributed by atoms with Crippen molar-refractivity contribution in [3.63, 3.8) is 0 Å². The summed E-state index contributed by atoms with van der Waals surface area (Å²) in [6, 6.07) is 11.1. The van der Waals surface area contributed by atoms with Gasteiger partial charge in [-0.1, -0.05) is 35.5 Å². The number of piperazine rings is 1. The molecule has 4 rings (SSSR count). The molecule has 1 aromatic heterocycles. The number of imide groups is 1. The molecule has 0 radical (unpaired) electrons. The van der Waals surface area contributed by atoms with Crippen molar-refractivity contribution in [2.45, 2.75) is 38.8 Å². The van der Waals surface area contributed by atoms with E-state index >= 15 is 0 Å². The fraction of sp³-hybridized carbons (Fsp3) is 0.478. The Morgan fingerprint density at radius 1 is 1.15 bits per heavy atom. The Bertz CT molecular complexity index is 1000. The Morgan fingerprint density at radius 2 is 1.85 bits per heavy atom. The van der Waals surface area contributed by atoms with Crippen LogP contribution in [0.2, 0.25) is 0 Å². The molecule has 176 valence electrons. The van der Waals surface area contributed by atoms with E-state index in [-0.39, 0.29) is 12.5 Å². The van der Waals surface area contributed by atoms with Crippen molar-refractivity contribution in [3.8, 4) is 0 Å². The summed E-state index contributed by atoms with van der Waals surface area (Å²) in [5.41, 5.74) is 3.42. The molecule has 2 aromatic rings. The molecule has 0 aliphatic carbocycles. The maximum absolute atomic E-state index is 12.9. The maximum atomic E-state index is 12.9. The second kappa shape index (κ2) is 9.72. The number of amides is 4. The summed E-state index contributed by atoms with van der Waals surface area (Å²) in [5.74, 6) is -0.0344. The van der Waals surface area contributed by atoms with Crippen molar-refractivity contribution < 1.29 is 18.9 Å². The van der Waals surface area contributed by atoms with Crippen LogP contribution in [0.25, 0.3) is 0 Å². The van der Waals surface area contributed by atoms with Crippen LogP contribution in [-0.2, 0) is 22.6 Å². The number of nitrogens with zero attached hydrogens (tertiary/aromatic N) is 4. The van der Waals surface area contributed by atoms with Gasteiger partial charge < -0.3 is 9.84 Å². The van der Waals surface area contributed by atoms with Crippen molar-refractivity contribution in [2.24, 2.45) is 0 Å². The van der Waals surface area contributed by atoms with E-state index in [0.717, 1.165) is 35.1 Å². The number of rotatable bonds is 8. The van der Waals surface area contributed by atoms with Crippen LogP contribution in [0.15, 0.2) is 40.9 Å². The SMILES string of the molecule is Cc1cc(CN2CCN(CC(=O)NN3C(=O)NC(C)(CCc4ccccc4)C3=O)CC2)no1. The highest BCUT2D eigenvalue weighted by Crippen LogP contribution is 2.22. The van der Waals surface area contributed by atoms with Gasteiger partial charge in [0.25, 0.3) is 11.8 Å². The lowest BCUT2D eigenvalue weighted by molar-refractivity contribution is -0.139. The number of hydrogen-bond acceptors (Lipinski definition) is 7. The van der Waals surface area contributed by atoms with Gasteiger partial charge in [-0.05, 0) is 32.3 Å². The molecule has 1 atom stereocenters. The standard InChI is InChI=1S/C23H30N6O4/c1-17-14-19(26-33-17)15-27-10-12-28(13-11-27)16-20(30)25-29-21(31)23(2,24-22(29)32)9-8-18-6-4-3-5-7-18/h3-7,14H,8-13,15-16H2,1-2H3,(H,24,32)(H,25,30). The van der Waals surface area contributed by atoms with E-state index in [1.165, 1.54) is 0 Å². The van der Waals surface area contributed by atoms with Gasteiger partial charge in [-0.15, -0.1) is 0 Å². The minimum Gasteiger partial charge on any atom is -0.361 e. The maximum Gasteiger partial charge on any atom is 0.344 e. The van der Waals surface area contributed by atoms with Crippen molar-refractivity contribution in [1.29, 1.82) is 0 Å². The lowest BCUT2D eigenvalue weighted by Crippen LogP contribution is -2.53. The van der Waals surface area contributed by atoms with Gasteiger partial charge in [0.15, 0.2) is 0 Å². The number of aromatic nitrogens is 1. The minimum absolute atomic E-state index is 0.120. The van der Waals surface area contributed by atoms with Crippen LogP contribution in [0.3, 0.4) is 0 Å². The second-order valence-corrected chi connectivity index (χ2v) is 8.90. The fourth-order valence-electron chi connectivity index (χ4n) is 4.18. The summed E-state index contributed by atoms with van der Waals surface area (Å²) in [4.78, 5) is 42.1. The Labute approximate surface area is 192 Å². The topological polar surface area (TPSA) is 111 Å². The number of hydrogen-bond donors (Lipinski definition) is 2. The molecule has 2 fully saturated rings. The first kappa shape index (κ1) is 22.9. The monoisotopic (exact) mass is 454 g/mol. The van der Waals surface area contributed by atoms with E-state index in [0.29, 0.717) is 32.5 Å². The summed E-state index contributed by atoms with van der Waals surface area (Å²) in [5, 5.41) is 7.57. The number of benzene rings is 1. The lowest BCUT2D eigenvalue weighted by atomic mass is 9.93. The van der Waals surface area contributed by atoms with Gasteiger partial charge in [-0.3, -0.25) is 24.8 Å². The Morgan fingerprint density at radius 3 is 2.52 bits per heavy atom. The predicted molar refractivity (Wildman–Crippen MR) is 120 cm³/mol. The van der Waals surface area contributed by atoms with E-state index < -0.39 is 17.5 Å². The molecule has 0 saturated carbocycles. The van der Waals surface area contributed by atoms with Gasteiger partial charge in [-0.25, -0.2) is 4.79 Å². The smallest absolute Gasteiger partial charge is 0.344 e. The highest BCUT2D eigenvalue weighted by atomic mass is 16.5. The van der Waals surface area contributed by atoms with Gasteiger partial charge in [0, 0.05) is 38.8 Å². The third kappa shape index (κ3) is 5.58. The number of nitrogens with one attached hydrogen (secondary N) is 2. The molecule has 33 heavy (non-hydrogen) atoms. The van der Waals surface area contributed by atoms with Crippen LogP contribution in [0.1, 0.15) is 30.4 Å². The number of urea groups is 1. The van der Waals surface area contributed by atoms with Crippen LogP contribution in [0.4, 0.5) is 4.79 Å². The van der Waals surface area contributed by atoms with E-state index in [1.54, 1.807) is 6.92 Å². The quantitative estimate of drug-likeness (QED) is 0.574. The molecule has 3 heterocycles. The highest BCUT2D eigenvalue weighted by molar-refractivity contribution is 6.07. The zero-order valence-corrected chi connectivity index (χ0v) is 19.0. The van der Waals surface area contributed by atoms with Gasteiger partial charge in [0.1, 0.15) is 11.3 Å². The average molecular weight is 455 g/mol. The zero-order chi connectivity index (χ0) is 23.4. The summed E-state index contributed by atoms with van der Waals surface area (Å²) >= 11 is 0. The third-order valence-electron chi connectivity index (χ3n) is 6.15. The molecular weight excluding hydrogens is 424 g/mol. The van der Waals surface area contributed by atoms with Crippen molar-refractivity contribution in [2.75, 3.05) is 32.7 Å². The molecule has 1 aromatic carbocycles. The molecule has 4 amide bonds. The molecule has 0 spiro atoms. The van der Waals surface area contributed by atoms with Gasteiger partial charge in [-0.2, -0.15) is 5.01 Å². The minimum atomic E-state index is -1.05. The van der Waals surface area contributed by atoms with Crippen LogP contribution in [0, 0.1) is 6.92 Å². The van der Waals surface area contributed by atoms with Crippen LogP contribution >= 0.6 is 0 Å². The first-order valence-corrected chi connectivity index (χ1v) is 11.2. The summed E-state index contributed by atoms with van der Waals surface area (Å²) in [7, 11) is 0. The third-order valence-corrected chi connectivity index (χ3v) is 6.15. The lowest BCUT2D eigenvalue weighted by Gasteiger charge is -2.33. The van der Waals surface area contributed by atoms with Gasteiger partial charge >= 0.3 is 6.03 Å². The second-order valence-electron chi connectivity index (χ2n) is 8.90. The van der Waals surface area contributed by atoms with E-state index in [9.17, 15) is 14.4 Å². The van der Waals surface area contributed by atoms with Crippen LogP contribution in [-0.4, -0.2) is 76.1 Å². The molecule has 1 unspecified atom stereocenters. The van der Waals surface area contributed by atoms with E-state index in [4.69, 9.17) is 4.52 Å².